The molecule has 6 nitrogen and oxygen atoms in total. The number of amides is 1. The minimum absolute atomic E-state index is 0. The molecule has 2 aromatic rings. The SMILES string of the molecule is C.O=C(COC(=O)N1CCC(N2CCOCC2)CC1)Cc1ccc(CCCCc2ccccc2)cc1. The lowest BCUT2D eigenvalue weighted by Crippen LogP contribution is -2.50. The number of hydrogen-bond donors (Lipinski definition) is 0. The smallest absolute Gasteiger partial charge is 0.410 e. The van der Waals surface area contributed by atoms with Crippen LogP contribution >= 0.6 is 0 Å². The Labute approximate surface area is 216 Å². The molecule has 2 aliphatic heterocycles. The zero-order chi connectivity index (χ0) is 24.3. The predicted molar refractivity (Wildman–Crippen MR) is 143 cm³/mol. The molecule has 0 saturated carbocycles. The van der Waals surface area contributed by atoms with Crippen molar-refractivity contribution in [3.63, 3.8) is 0 Å². The van der Waals surface area contributed by atoms with E-state index in [-0.39, 0.29) is 25.9 Å². The van der Waals surface area contributed by atoms with Gasteiger partial charge in [0.1, 0.15) is 0 Å². The molecule has 6 heteroatoms. The fourth-order valence-corrected chi connectivity index (χ4v) is 5.00. The average molecular weight is 495 g/mol. The highest BCUT2D eigenvalue weighted by atomic mass is 16.6. The van der Waals surface area contributed by atoms with Gasteiger partial charge >= 0.3 is 6.09 Å². The number of piperidine rings is 1. The number of rotatable bonds is 10. The number of morpholine rings is 1. The first-order chi connectivity index (χ1) is 17.2. The molecule has 0 radical (unpaired) electrons. The van der Waals surface area contributed by atoms with Crippen molar-refractivity contribution in [1.82, 2.24) is 9.80 Å². The third kappa shape index (κ3) is 8.75. The number of ketones is 1. The van der Waals surface area contributed by atoms with E-state index in [1.54, 1.807) is 4.90 Å². The lowest BCUT2D eigenvalue weighted by Gasteiger charge is -2.39. The fraction of sp³-hybridized carbons (Fsp3) is 0.533. The molecular weight excluding hydrogens is 452 g/mol. The number of carbonyl (C=O) groups excluding carboxylic acids is 2. The Hall–Kier alpha value is -2.70. The lowest BCUT2D eigenvalue weighted by atomic mass is 10.0. The standard InChI is InChI=1S/C29H38N2O4.CH4/c32-28(23-35-29(33)31-16-14-27(15-17-31)30-18-20-34-21-19-30)22-26-12-10-25(11-13-26)9-5-4-8-24-6-2-1-3-7-24;/h1-3,6-7,10-13,27H,4-5,8-9,14-23H2;1H4. The van der Waals surface area contributed by atoms with Crippen molar-refractivity contribution in [2.24, 2.45) is 0 Å². The summed E-state index contributed by atoms with van der Waals surface area (Å²) in [6.07, 6.45) is 6.28. The maximum atomic E-state index is 12.4. The Morgan fingerprint density at radius 3 is 2.03 bits per heavy atom. The molecule has 2 fully saturated rings. The molecule has 0 aliphatic carbocycles. The molecule has 0 N–H and O–H groups in total. The Morgan fingerprint density at radius 2 is 1.39 bits per heavy atom. The number of aryl methyl sites for hydroxylation is 2. The number of unbranched alkanes of at least 4 members (excludes halogenated alkanes) is 1. The topological polar surface area (TPSA) is 59.1 Å². The minimum atomic E-state index is -0.371. The van der Waals surface area contributed by atoms with Gasteiger partial charge in [-0.15, -0.1) is 0 Å². The number of carbonyl (C=O) groups is 2. The zero-order valence-electron chi connectivity index (χ0n) is 20.7. The summed E-state index contributed by atoms with van der Waals surface area (Å²) in [6.45, 7) is 4.73. The van der Waals surface area contributed by atoms with Gasteiger partial charge in [-0.3, -0.25) is 9.69 Å². The number of hydrogen-bond acceptors (Lipinski definition) is 5. The summed E-state index contributed by atoms with van der Waals surface area (Å²) in [5.41, 5.74) is 3.64. The third-order valence-electron chi connectivity index (χ3n) is 7.09. The zero-order valence-corrected chi connectivity index (χ0v) is 20.7. The molecule has 4 rings (SSSR count). The summed E-state index contributed by atoms with van der Waals surface area (Å²) in [7, 11) is 0. The average Bonchev–Trinajstić information content (AvgIpc) is 2.92. The first-order valence-electron chi connectivity index (χ1n) is 13.0. The van der Waals surface area contributed by atoms with Crippen LogP contribution in [0.15, 0.2) is 54.6 Å². The van der Waals surface area contributed by atoms with Crippen molar-refractivity contribution in [1.29, 1.82) is 0 Å². The van der Waals surface area contributed by atoms with Crippen LogP contribution < -0.4 is 0 Å². The van der Waals surface area contributed by atoms with Crippen molar-refractivity contribution in [3.05, 3.63) is 71.3 Å². The van der Waals surface area contributed by atoms with Gasteiger partial charge in [-0.25, -0.2) is 4.79 Å². The van der Waals surface area contributed by atoms with E-state index in [9.17, 15) is 9.59 Å². The van der Waals surface area contributed by atoms with Crippen LogP contribution in [0.25, 0.3) is 0 Å². The predicted octanol–water partition coefficient (Wildman–Crippen LogP) is 4.93. The van der Waals surface area contributed by atoms with Crippen molar-refractivity contribution in [2.75, 3.05) is 46.0 Å². The molecule has 0 unspecified atom stereocenters. The van der Waals surface area contributed by atoms with E-state index in [0.717, 1.165) is 64.0 Å². The van der Waals surface area contributed by atoms with Crippen LogP contribution in [0.1, 0.15) is 49.8 Å². The van der Waals surface area contributed by atoms with Crippen molar-refractivity contribution in [3.8, 4) is 0 Å². The van der Waals surface area contributed by atoms with E-state index in [1.807, 2.05) is 12.1 Å². The molecular formula is C30H42N2O4. The minimum Gasteiger partial charge on any atom is -0.441 e. The van der Waals surface area contributed by atoms with E-state index in [4.69, 9.17) is 9.47 Å². The van der Waals surface area contributed by atoms with Crippen LogP contribution in [-0.4, -0.2) is 73.7 Å². The van der Waals surface area contributed by atoms with Gasteiger partial charge in [0.05, 0.1) is 13.2 Å². The highest BCUT2D eigenvalue weighted by Gasteiger charge is 2.28. The second kappa shape index (κ2) is 14.8. The molecule has 0 aromatic heterocycles. The van der Waals surface area contributed by atoms with E-state index in [1.165, 1.54) is 17.5 Å². The number of nitrogens with zero attached hydrogens (tertiary/aromatic N) is 2. The largest absolute Gasteiger partial charge is 0.441 e. The van der Waals surface area contributed by atoms with E-state index < -0.39 is 0 Å². The summed E-state index contributed by atoms with van der Waals surface area (Å²) >= 11 is 0. The van der Waals surface area contributed by atoms with Gasteiger partial charge in [0.15, 0.2) is 12.4 Å². The maximum absolute atomic E-state index is 12.4. The van der Waals surface area contributed by atoms with Crippen LogP contribution in [0.3, 0.4) is 0 Å². The molecule has 0 spiro atoms. The summed E-state index contributed by atoms with van der Waals surface area (Å²) in [6, 6.07) is 19.3. The molecule has 0 bridgehead atoms. The van der Waals surface area contributed by atoms with Gasteiger partial charge in [0, 0.05) is 38.6 Å². The van der Waals surface area contributed by atoms with E-state index in [0.29, 0.717) is 25.6 Å². The van der Waals surface area contributed by atoms with Gasteiger partial charge in [0.2, 0.25) is 0 Å². The lowest BCUT2D eigenvalue weighted by molar-refractivity contribution is -0.121. The highest BCUT2D eigenvalue weighted by molar-refractivity contribution is 5.84. The summed E-state index contributed by atoms with van der Waals surface area (Å²) < 4.78 is 10.8. The Morgan fingerprint density at radius 1 is 0.806 bits per heavy atom. The molecule has 0 atom stereocenters. The molecule has 2 aromatic carbocycles. The Bertz CT molecular complexity index is 918. The molecule has 2 aliphatic rings. The summed E-state index contributed by atoms with van der Waals surface area (Å²) in [5.74, 6) is -0.0721. The fourth-order valence-electron chi connectivity index (χ4n) is 5.00. The number of likely N-dealkylation sites (tertiary alicyclic amines) is 1. The van der Waals surface area contributed by atoms with Gasteiger partial charge < -0.3 is 14.4 Å². The van der Waals surface area contributed by atoms with Crippen molar-refractivity contribution >= 4 is 11.9 Å². The molecule has 36 heavy (non-hydrogen) atoms. The normalized spacial score (nSPS) is 16.8. The summed E-state index contributed by atoms with van der Waals surface area (Å²) in [5, 5.41) is 0. The monoisotopic (exact) mass is 494 g/mol. The second-order valence-corrected chi connectivity index (χ2v) is 9.65. The summed E-state index contributed by atoms with van der Waals surface area (Å²) in [4.78, 5) is 29.0. The number of Topliss-reactive ketones (excluding diaryl/α,β-unsaturated/α-hetero) is 1. The van der Waals surface area contributed by atoms with Crippen LogP contribution in [-0.2, 0) is 33.5 Å². The van der Waals surface area contributed by atoms with Gasteiger partial charge in [-0.05, 0) is 55.2 Å². The molecule has 2 heterocycles. The van der Waals surface area contributed by atoms with E-state index >= 15 is 0 Å². The van der Waals surface area contributed by atoms with E-state index in [2.05, 4.69) is 47.4 Å². The van der Waals surface area contributed by atoms with Crippen molar-refractivity contribution in [2.45, 2.75) is 58.4 Å². The van der Waals surface area contributed by atoms with Crippen LogP contribution in [0.5, 0.6) is 0 Å². The van der Waals surface area contributed by atoms with Crippen molar-refractivity contribution < 1.29 is 19.1 Å². The number of ether oxygens (including phenoxy) is 2. The van der Waals surface area contributed by atoms with Gasteiger partial charge in [0.25, 0.3) is 0 Å². The third-order valence-corrected chi connectivity index (χ3v) is 7.09. The maximum Gasteiger partial charge on any atom is 0.410 e. The van der Waals surface area contributed by atoms with Crippen LogP contribution in [0, 0.1) is 0 Å². The highest BCUT2D eigenvalue weighted by Crippen LogP contribution is 2.18. The van der Waals surface area contributed by atoms with Gasteiger partial charge in [-0.2, -0.15) is 0 Å². The van der Waals surface area contributed by atoms with Crippen LogP contribution in [0.2, 0.25) is 0 Å². The molecule has 196 valence electrons. The Kier molecular flexibility index (Phi) is 11.4. The first kappa shape index (κ1) is 27.9. The Balaban J connectivity index is 0.00000361. The van der Waals surface area contributed by atoms with Crippen LogP contribution in [0.4, 0.5) is 4.79 Å². The second-order valence-electron chi connectivity index (χ2n) is 9.65. The molecule has 1 amide bonds. The number of benzene rings is 2. The van der Waals surface area contributed by atoms with Gasteiger partial charge in [-0.1, -0.05) is 62.0 Å². The first-order valence-corrected chi connectivity index (χ1v) is 13.0. The quantitative estimate of drug-likeness (QED) is 0.438. The molecule has 2 saturated heterocycles.